The fraction of sp³-hybridized carbons (Fsp3) is 0.333. The van der Waals surface area contributed by atoms with Crippen LogP contribution in [-0.2, 0) is 41.1 Å². The summed E-state index contributed by atoms with van der Waals surface area (Å²) in [5, 5.41) is 6.24. The van der Waals surface area contributed by atoms with Crippen molar-refractivity contribution in [3.8, 4) is 17.0 Å². The molecule has 4 rings (SSSR count). The second-order valence-electron chi connectivity index (χ2n) is 8.49. The van der Waals surface area contributed by atoms with E-state index in [1.54, 1.807) is 18.3 Å². The van der Waals surface area contributed by atoms with Crippen LogP contribution in [0.2, 0.25) is 0 Å². The van der Waals surface area contributed by atoms with Gasteiger partial charge in [0.05, 0.1) is 19.4 Å². The van der Waals surface area contributed by atoms with Crippen LogP contribution in [-0.4, -0.2) is 55.9 Å². The summed E-state index contributed by atoms with van der Waals surface area (Å²) in [6.45, 7) is 0.121. The van der Waals surface area contributed by atoms with Crippen LogP contribution in [0.1, 0.15) is 35.0 Å². The SMILES string of the molecule is COCCc1c(S(=O)(=O)NC(=O)Nc2c(-c3ccnc(OC)c3)ccc3c2CCC3)nn(C)c1C(N)=O.[H-].[Na+]. The summed E-state index contributed by atoms with van der Waals surface area (Å²) in [7, 11) is -0.117. The van der Waals surface area contributed by atoms with E-state index in [-0.39, 0.29) is 55.3 Å². The number of carbonyl (C=O) groups excluding carboxylic acids is 2. The number of nitrogens with one attached hydrogen (secondary N) is 2. The van der Waals surface area contributed by atoms with Gasteiger partial charge in [0.25, 0.3) is 15.9 Å². The summed E-state index contributed by atoms with van der Waals surface area (Å²) in [6, 6.07) is 6.43. The average molecular weight is 553 g/mol. The second kappa shape index (κ2) is 12.3. The number of hydrogen-bond donors (Lipinski definition) is 3. The molecule has 1 aliphatic rings. The number of carbonyl (C=O) groups is 2. The number of nitrogens with zero attached hydrogens (tertiary/aromatic N) is 3. The molecule has 0 atom stereocenters. The molecule has 14 heteroatoms. The molecular weight excluding hydrogens is 523 g/mol. The number of pyridine rings is 1. The fourth-order valence-electron chi connectivity index (χ4n) is 4.54. The molecular formula is C24H29N6NaO6S. The summed E-state index contributed by atoms with van der Waals surface area (Å²) in [5.74, 6) is -0.441. The molecule has 0 aliphatic heterocycles. The van der Waals surface area contributed by atoms with E-state index in [0.717, 1.165) is 40.6 Å². The van der Waals surface area contributed by atoms with Gasteiger partial charge in [-0.1, -0.05) is 12.1 Å². The van der Waals surface area contributed by atoms with Crippen LogP contribution in [0, 0.1) is 0 Å². The topological polar surface area (TPSA) is 168 Å². The molecule has 0 saturated heterocycles. The van der Waals surface area contributed by atoms with E-state index in [0.29, 0.717) is 17.1 Å². The Kier molecular flexibility index (Phi) is 9.54. The van der Waals surface area contributed by atoms with Crippen LogP contribution in [0.25, 0.3) is 11.1 Å². The molecule has 2 heterocycles. The molecule has 1 aromatic carbocycles. The van der Waals surface area contributed by atoms with Crippen molar-refractivity contribution >= 4 is 27.6 Å². The Morgan fingerprint density at radius 1 is 1.21 bits per heavy atom. The maximum atomic E-state index is 13.2. The van der Waals surface area contributed by atoms with Crippen molar-refractivity contribution in [1.82, 2.24) is 19.5 Å². The zero-order chi connectivity index (χ0) is 26.7. The minimum Gasteiger partial charge on any atom is -1.00 e. The van der Waals surface area contributed by atoms with Gasteiger partial charge in [-0.2, -0.15) is 13.5 Å². The number of nitrogens with two attached hydrogens (primary N) is 1. The summed E-state index contributed by atoms with van der Waals surface area (Å²) in [6.07, 6.45) is 4.16. The van der Waals surface area contributed by atoms with E-state index in [2.05, 4.69) is 15.4 Å². The minimum absolute atomic E-state index is 0. The van der Waals surface area contributed by atoms with Gasteiger partial charge in [-0.15, -0.1) is 0 Å². The van der Waals surface area contributed by atoms with Gasteiger partial charge < -0.3 is 22.0 Å². The molecule has 4 N–H and O–H groups in total. The molecule has 2 aromatic heterocycles. The number of fused-ring (bicyclic) bond motifs is 1. The number of urea groups is 1. The smallest absolute Gasteiger partial charge is 1.00 e. The van der Waals surface area contributed by atoms with E-state index in [1.165, 1.54) is 21.3 Å². The van der Waals surface area contributed by atoms with Crippen LogP contribution in [0.4, 0.5) is 10.5 Å². The zero-order valence-electron chi connectivity index (χ0n) is 22.7. The normalized spacial score (nSPS) is 12.4. The number of methoxy groups -OCH3 is 2. The van der Waals surface area contributed by atoms with Crippen LogP contribution < -0.4 is 50.1 Å². The van der Waals surface area contributed by atoms with Crippen molar-refractivity contribution in [3.05, 3.63) is 52.8 Å². The molecule has 0 bridgehead atoms. The number of ether oxygens (including phenoxy) is 2. The van der Waals surface area contributed by atoms with E-state index in [4.69, 9.17) is 15.2 Å². The average Bonchev–Trinajstić information content (AvgIpc) is 3.47. The van der Waals surface area contributed by atoms with Gasteiger partial charge in [0.2, 0.25) is 10.9 Å². The first-order chi connectivity index (χ1) is 17.7. The fourth-order valence-corrected chi connectivity index (χ4v) is 5.69. The van der Waals surface area contributed by atoms with Gasteiger partial charge in [0.1, 0.15) is 5.69 Å². The number of primary amides is 1. The number of hydrogen-bond acceptors (Lipinski definition) is 8. The van der Waals surface area contributed by atoms with Gasteiger partial charge in [-0.3, -0.25) is 9.48 Å². The van der Waals surface area contributed by atoms with E-state index in [1.807, 2.05) is 16.9 Å². The first-order valence-corrected chi connectivity index (χ1v) is 13.0. The van der Waals surface area contributed by atoms with Gasteiger partial charge in [0, 0.05) is 44.0 Å². The number of sulfonamides is 1. The van der Waals surface area contributed by atoms with Crippen LogP contribution in [0.3, 0.4) is 0 Å². The number of rotatable bonds is 9. The van der Waals surface area contributed by atoms with E-state index in [9.17, 15) is 18.0 Å². The molecule has 198 valence electrons. The number of amides is 3. The first-order valence-electron chi connectivity index (χ1n) is 11.5. The molecule has 0 spiro atoms. The monoisotopic (exact) mass is 552 g/mol. The molecule has 0 unspecified atom stereocenters. The third-order valence-electron chi connectivity index (χ3n) is 6.16. The van der Waals surface area contributed by atoms with Crippen LogP contribution in [0.5, 0.6) is 5.88 Å². The van der Waals surface area contributed by atoms with Gasteiger partial charge in [0.15, 0.2) is 0 Å². The van der Waals surface area contributed by atoms with Crippen molar-refractivity contribution in [2.24, 2.45) is 12.8 Å². The van der Waals surface area contributed by atoms with Crippen molar-refractivity contribution in [2.75, 3.05) is 26.1 Å². The molecule has 38 heavy (non-hydrogen) atoms. The van der Waals surface area contributed by atoms with Crippen molar-refractivity contribution in [3.63, 3.8) is 0 Å². The Morgan fingerprint density at radius 3 is 2.66 bits per heavy atom. The molecule has 1 aliphatic carbocycles. The van der Waals surface area contributed by atoms with Gasteiger partial charge >= 0.3 is 35.6 Å². The van der Waals surface area contributed by atoms with Crippen molar-refractivity contribution in [2.45, 2.75) is 30.7 Å². The predicted octanol–water partition coefficient (Wildman–Crippen LogP) is -1.11. The zero-order valence-corrected chi connectivity index (χ0v) is 24.5. The van der Waals surface area contributed by atoms with Gasteiger partial charge in [-0.25, -0.2) is 14.5 Å². The van der Waals surface area contributed by atoms with Crippen LogP contribution in [0.15, 0.2) is 35.5 Å². The predicted molar refractivity (Wildman–Crippen MR) is 136 cm³/mol. The molecule has 12 nitrogen and oxygen atoms in total. The maximum Gasteiger partial charge on any atom is 1.00 e. The van der Waals surface area contributed by atoms with Gasteiger partial charge in [-0.05, 0) is 42.0 Å². The molecule has 0 radical (unpaired) electrons. The Labute approximate surface area is 244 Å². The molecule has 3 amide bonds. The number of anilines is 1. The van der Waals surface area contributed by atoms with Crippen LogP contribution >= 0.6 is 0 Å². The van der Waals surface area contributed by atoms with Crippen molar-refractivity contribution in [1.29, 1.82) is 0 Å². The van der Waals surface area contributed by atoms with E-state index >= 15 is 0 Å². The second-order valence-corrected chi connectivity index (χ2v) is 10.1. The largest absolute Gasteiger partial charge is 1.00 e. The number of benzene rings is 1. The molecule has 0 fully saturated rings. The van der Waals surface area contributed by atoms with Crippen molar-refractivity contribution < 1.29 is 58.5 Å². The Balaban J connectivity index is 0.00000267. The Hall–Kier alpha value is -2.97. The molecule has 3 aromatic rings. The summed E-state index contributed by atoms with van der Waals surface area (Å²) in [4.78, 5) is 29.1. The summed E-state index contributed by atoms with van der Waals surface area (Å²) < 4.78 is 39.8. The standard InChI is InChI=1S/C24H28N6O6S.Na.H/c1-30-21(22(25)31)18(10-12-35-2)23(28-30)37(33,34)29-24(32)27-20-16-6-4-5-14(16)7-8-17(20)15-9-11-26-19(13-15)36-3;;/h7-9,11,13H,4-6,10,12H2,1-3H3,(H2,25,31)(H2,27,29,32);;/q;+1;-1. The Morgan fingerprint density at radius 2 is 1.97 bits per heavy atom. The third-order valence-corrected chi connectivity index (χ3v) is 7.45. The molecule has 0 saturated carbocycles. The number of aromatic nitrogens is 3. The minimum atomic E-state index is -4.47. The quantitative estimate of drug-likeness (QED) is 0.281. The summed E-state index contributed by atoms with van der Waals surface area (Å²) in [5.41, 5.74) is 9.42. The maximum absolute atomic E-state index is 13.2. The third kappa shape index (κ3) is 6.02. The first kappa shape index (κ1) is 29.6. The van der Waals surface area contributed by atoms with E-state index < -0.39 is 27.0 Å². The number of aryl methyl sites for hydroxylation is 2. The summed E-state index contributed by atoms with van der Waals surface area (Å²) >= 11 is 0. The Bertz CT molecular complexity index is 1480.